The third-order valence-corrected chi connectivity index (χ3v) is 4.05. The molecule has 3 rings (SSSR count). The van der Waals surface area contributed by atoms with Crippen LogP contribution < -0.4 is 14.8 Å². The Morgan fingerprint density at radius 3 is 2.69 bits per heavy atom. The number of amides is 1. The van der Waals surface area contributed by atoms with Gasteiger partial charge in [0.05, 0.1) is 12.6 Å². The van der Waals surface area contributed by atoms with E-state index in [0.717, 1.165) is 11.3 Å². The number of hydrogen-bond donors (Lipinski definition) is 1. The van der Waals surface area contributed by atoms with Crippen LogP contribution in [0.15, 0.2) is 54.6 Å². The molecule has 26 heavy (non-hydrogen) atoms. The van der Waals surface area contributed by atoms with Crippen LogP contribution in [0.1, 0.15) is 24.9 Å². The lowest BCUT2D eigenvalue weighted by molar-refractivity contribution is -0.156. The number of rotatable bonds is 6. The minimum absolute atomic E-state index is 0.158. The second-order valence-corrected chi connectivity index (χ2v) is 5.97. The molecule has 2 aromatic carbocycles. The standard InChI is InChI=1S/C20H21NO5/c1-14(26-19(22)13-25-15-7-3-2-4-8-15)20(23)21-17-11-12-24-18-10-6-5-9-16(17)18/h2-10,14,17H,11-13H2,1H3,(H,21,23). The molecule has 2 aromatic rings. The number of nitrogens with one attached hydrogen (secondary N) is 1. The van der Waals surface area contributed by atoms with E-state index in [9.17, 15) is 9.59 Å². The molecule has 6 nitrogen and oxygen atoms in total. The highest BCUT2D eigenvalue weighted by molar-refractivity contribution is 5.84. The molecule has 136 valence electrons. The molecule has 1 amide bonds. The predicted octanol–water partition coefficient (Wildman–Crippen LogP) is 2.64. The molecule has 1 aliphatic rings. The van der Waals surface area contributed by atoms with E-state index in [0.29, 0.717) is 18.8 Å². The van der Waals surface area contributed by atoms with Gasteiger partial charge in [-0.3, -0.25) is 4.79 Å². The maximum absolute atomic E-state index is 12.4. The zero-order valence-corrected chi connectivity index (χ0v) is 14.5. The van der Waals surface area contributed by atoms with Crippen LogP contribution in [0.25, 0.3) is 0 Å². The lowest BCUT2D eigenvalue weighted by Crippen LogP contribution is -2.40. The summed E-state index contributed by atoms with van der Waals surface area (Å²) in [5.74, 6) is 0.397. The van der Waals surface area contributed by atoms with Crippen molar-refractivity contribution in [2.24, 2.45) is 0 Å². The van der Waals surface area contributed by atoms with Gasteiger partial charge in [-0.1, -0.05) is 36.4 Å². The molecule has 0 bridgehead atoms. The van der Waals surface area contributed by atoms with Crippen molar-refractivity contribution in [2.75, 3.05) is 13.2 Å². The normalized spacial score (nSPS) is 16.6. The van der Waals surface area contributed by atoms with Crippen LogP contribution in [0.4, 0.5) is 0 Å². The van der Waals surface area contributed by atoms with Crippen molar-refractivity contribution in [3.63, 3.8) is 0 Å². The van der Waals surface area contributed by atoms with Gasteiger partial charge in [-0.25, -0.2) is 4.79 Å². The lowest BCUT2D eigenvalue weighted by Gasteiger charge is -2.27. The summed E-state index contributed by atoms with van der Waals surface area (Å²) in [7, 11) is 0. The monoisotopic (exact) mass is 355 g/mol. The average Bonchev–Trinajstić information content (AvgIpc) is 2.67. The lowest BCUT2D eigenvalue weighted by atomic mass is 10.0. The predicted molar refractivity (Wildman–Crippen MR) is 94.9 cm³/mol. The number of hydrogen-bond acceptors (Lipinski definition) is 5. The number of ether oxygens (including phenoxy) is 3. The maximum Gasteiger partial charge on any atom is 0.344 e. The van der Waals surface area contributed by atoms with Crippen LogP contribution in [0.3, 0.4) is 0 Å². The fraction of sp³-hybridized carbons (Fsp3) is 0.300. The summed E-state index contributed by atoms with van der Waals surface area (Å²) in [6.07, 6.45) is -0.238. The number of para-hydroxylation sites is 2. The zero-order chi connectivity index (χ0) is 18.4. The second kappa shape index (κ2) is 8.38. The van der Waals surface area contributed by atoms with Crippen molar-refractivity contribution in [1.29, 1.82) is 0 Å². The first-order valence-electron chi connectivity index (χ1n) is 8.53. The number of benzene rings is 2. The Morgan fingerprint density at radius 2 is 1.88 bits per heavy atom. The van der Waals surface area contributed by atoms with Crippen LogP contribution >= 0.6 is 0 Å². The third kappa shape index (κ3) is 4.53. The summed E-state index contributed by atoms with van der Waals surface area (Å²) in [4.78, 5) is 24.2. The topological polar surface area (TPSA) is 73.9 Å². The molecule has 0 saturated heterocycles. The molecule has 0 radical (unpaired) electrons. The van der Waals surface area contributed by atoms with Crippen molar-refractivity contribution in [2.45, 2.75) is 25.5 Å². The third-order valence-electron chi connectivity index (χ3n) is 4.05. The van der Waals surface area contributed by atoms with Crippen LogP contribution in [-0.4, -0.2) is 31.2 Å². The van der Waals surface area contributed by atoms with Gasteiger partial charge in [0.25, 0.3) is 5.91 Å². The molecule has 0 spiro atoms. The highest BCUT2D eigenvalue weighted by Gasteiger charge is 2.26. The quantitative estimate of drug-likeness (QED) is 0.807. The highest BCUT2D eigenvalue weighted by Crippen LogP contribution is 2.31. The van der Waals surface area contributed by atoms with Crippen LogP contribution in [0.5, 0.6) is 11.5 Å². The van der Waals surface area contributed by atoms with Gasteiger partial charge in [0.1, 0.15) is 11.5 Å². The minimum Gasteiger partial charge on any atom is -0.493 e. The summed E-state index contributed by atoms with van der Waals surface area (Å²) < 4.78 is 16.1. The number of fused-ring (bicyclic) bond motifs is 1. The Balaban J connectivity index is 1.50. The fourth-order valence-corrected chi connectivity index (χ4v) is 2.72. The molecule has 1 aliphatic heterocycles. The molecule has 1 heterocycles. The van der Waals surface area contributed by atoms with E-state index in [1.165, 1.54) is 0 Å². The Kier molecular flexibility index (Phi) is 5.73. The van der Waals surface area contributed by atoms with E-state index in [-0.39, 0.29) is 18.6 Å². The van der Waals surface area contributed by atoms with Crippen molar-refractivity contribution in [1.82, 2.24) is 5.32 Å². The number of carbonyl (C=O) groups is 2. The summed E-state index contributed by atoms with van der Waals surface area (Å²) >= 11 is 0. The van der Waals surface area contributed by atoms with Crippen molar-refractivity contribution in [3.8, 4) is 11.5 Å². The van der Waals surface area contributed by atoms with Crippen molar-refractivity contribution >= 4 is 11.9 Å². The number of esters is 1. The molecule has 0 aliphatic carbocycles. The van der Waals surface area contributed by atoms with E-state index in [1.807, 2.05) is 42.5 Å². The van der Waals surface area contributed by atoms with Gasteiger partial charge in [0.2, 0.25) is 0 Å². The van der Waals surface area contributed by atoms with Gasteiger partial charge >= 0.3 is 5.97 Å². The van der Waals surface area contributed by atoms with E-state index in [2.05, 4.69) is 5.32 Å². The molecule has 6 heteroatoms. The zero-order valence-electron chi connectivity index (χ0n) is 14.5. The van der Waals surface area contributed by atoms with Crippen LogP contribution in [-0.2, 0) is 14.3 Å². The highest BCUT2D eigenvalue weighted by atomic mass is 16.6. The first-order valence-corrected chi connectivity index (χ1v) is 8.53. The smallest absolute Gasteiger partial charge is 0.344 e. The summed E-state index contributed by atoms with van der Waals surface area (Å²) in [6, 6.07) is 16.4. The molecule has 0 aromatic heterocycles. The second-order valence-electron chi connectivity index (χ2n) is 5.97. The molecule has 2 unspecified atom stereocenters. The number of carbonyl (C=O) groups excluding carboxylic acids is 2. The molecule has 1 N–H and O–H groups in total. The van der Waals surface area contributed by atoms with Gasteiger partial charge < -0.3 is 19.5 Å². The first-order chi connectivity index (χ1) is 12.6. The molecular formula is C20H21NO5. The molecule has 0 fully saturated rings. The van der Waals surface area contributed by atoms with Crippen molar-refractivity contribution in [3.05, 3.63) is 60.2 Å². The van der Waals surface area contributed by atoms with Gasteiger partial charge in [-0.15, -0.1) is 0 Å². The fourth-order valence-electron chi connectivity index (χ4n) is 2.72. The van der Waals surface area contributed by atoms with E-state index < -0.39 is 12.1 Å². The Labute approximate surface area is 152 Å². The van der Waals surface area contributed by atoms with Gasteiger partial charge in [0, 0.05) is 12.0 Å². The first kappa shape index (κ1) is 17.8. The van der Waals surface area contributed by atoms with E-state index in [4.69, 9.17) is 14.2 Å². The average molecular weight is 355 g/mol. The van der Waals surface area contributed by atoms with Gasteiger partial charge in [-0.2, -0.15) is 0 Å². The molecule has 2 atom stereocenters. The van der Waals surface area contributed by atoms with Gasteiger partial charge in [0.15, 0.2) is 12.7 Å². The largest absolute Gasteiger partial charge is 0.493 e. The van der Waals surface area contributed by atoms with Crippen LogP contribution in [0, 0.1) is 0 Å². The maximum atomic E-state index is 12.4. The Morgan fingerprint density at radius 1 is 1.15 bits per heavy atom. The molecule has 0 saturated carbocycles. The summed E-state index contributed by atoms with van der Waals surface area (Å²) in [5.41, 5.74) is 0.929. The summed E-state index contributed by atoms with van der Waals surface area (Å²) in [6.45, 7) is 1.82. The van der Waals surface area contributed by atoms with E-state index in [1.54, 1.807) is 19.1 Å². The Hall–Kier alpha value is -3.02. The van der Waals surface area contributed by atoms with E-state index >= 15 is 0 Å². The Bertz CT molecular complexity index is 762. The summed E-state index contributed by atoms with van der Waals surface area (Å²) in [5, 5.41) is 2.92. The van der Waals surface area contributed by atoms with Crippen molar-refractivity contribution < 1.29 is 23.8 Å². The van der Waals surface area contributed by atoms with Crippen LogP contribution in [0.2, 0.25) is 0 Å². The minimum atomic E-state index is -0.906. The SMILES string of the molecule is CC(OC(=O)COc1ccccc1)C(=O)NC1CCOc2ccccc21. The van der Waals surface area contributed by atoms with Gasteiger partial charge in [-0.05, 0) is 25.1 Å². The molecular weight excluding hydrogens is 334 g/mol.